The number of nitrogens with zero attached hydrogens (tertiary/aromatic N) is 1. The minimum absolute atomic E-state index is 0.00287. The summed E-state index contributed by atoms with van der Waals surface area (Å²) in [5.41, 5.74) is 1.34. The number of nitrogens with one attached hydrogen (secondary N) is 1. The van der Waals surface area contributed by atoms with Gasteiger partial charge in [-0.25, -0.2) is 0 Å². The van der Waals surface area contributed by atoms with Gasteiger partial charge < -0.3 is 10.1 Å². The number of esters is 1. The van der Waals surface area contributed by atoms with Gasteiger partial charge in [0.25, 0.3) is 0 Å². The Morgan fingerprint density at radius 2 is 2.20 bits per heavy atom. The molecule has 5 nitrogen and oxygen atoms in total. The standard InChI is InChI=1S/C15H20N2O3/c1-3-20-15(19)11-4-5-12(8-11)17-13-6-7-14(10(2)18)16-9-13/h6-7,9,11-12,17H,3-5,8H2,1-2H3. The highest BCUT2D eigenvalue weighted by molar-refractivity contribution is 5.92. The van der Waals surface area contributed by atoms with Gasteiger partial charge in [0.05, 0.1) is 24.4 Å². The topological polar surface area (TPSA) is 68.3 Å². The van der Waals surface area contributed by atoms with Gasteiger partial charge in [-0.1, -0.05) is 0 Å². The summed E-state index contributed by atoms with van der Waals surface area (Å²) in [4.78, 5) is 26.9. The van der Waals surface area contributed by atoms with Crippen LogP contribution < -0.4 is 5.32 Å². The van der Waals surface area contributed by atoms with E-state index in [0.29, 0.717) is 12.3 Å². The molecule has 1 fully saturated rings. The van der Waals surface area contributed by atoms with Crippen molar-refractivity contribution in [3.63, 3.8) is 0 Å². The largest absolute Gasteiger partial charge is 0.466 e. The molecule has 5 heteroatoms. The molecule has 1 saturated carbocycles. The van der Waals surface area contributed by atoms with Crippen LogP contribution in [0.2, 0.25) is 0 Å². The van der Waals surface area contributed by atoms with Gasteiger partial charge in [-0.3, -0.25) is 14.6 Å². The minimum atomic E-state index is -0.0955. The first kappa shape index (κ1) is 14.5. The Bertz CT molecular complexity index is 484. The lowest BCUT2D eigenvalue weighted by molar-refractivity contribution is -0.147. The average molecular weight is 276 g/mol. The summed E-state index contributed by atoms with van der Waals surface area (Å²) >= 11 is 0. The van der Waals surface area contributed by atoms with Gasteiger partial charge in [-0.15, -0.1) is 0 Å². The van der Waals surface area contributed by atoms with E-state index in [-0.39, 0.29) is 23.7 Å². The van der Waals surface area contributed by atoms with Gasteiger partial charge in [0.1, 0.15) is 5.69 Å². The van der Waals surface area contributed by atoms with Crippen LogP contribution >= 0.6 is 0 Å². The monoisotopic (exact) mass is 276 g/mol. The molecule has 1 heterocycles. The maximum absolute atomic E-state index is 11.7. The number of anilines is 1. The van der Waals surface area contributed by atoms with Gasteiger partial charge >= 0.3 is 5.97 Å². The molecule has 20 heavy (non-hydrogen) atoms. The lowest BCUT2D eigenvalue weighted by Crippen LogP contribution is -2.19. The second kappa shape index (κ2) is 6.50. The number of ketones is 1. The summed E-state index contributed by atoms with van der Waals surface area (Å²) in [6, 6.07) is 3.82. The number of aromatic nitrogens is 1. The zero-order chi connectivity index (χ0) is 14.5. The van der Waals surface area contributed by atoms with Crippen LogP contribution in [0.1, 0.15) is 43.6 Å². The highest BCUT2D eigenvalue weighted by atomic mass is 16.5. The molecule has 0 bridgehead atoms. The van der Waals surface area contributed by atoms with Gasteiger partial charge in [0, 0.05) is 13.0 Å². The quantitative estimate of drug-likeness (QED) is 0.660. The lowest BCUT2D eigenvalue weighted by Gasteiger charge is -2.14. The zero-order valence-corrected chi connectivity index (χ0v) is 11.9. The molecule has 2 rings (SSSR count). The fourth-order valence-corrected chi connectivity index (χ4v) is 2.51. The molecule has 0 aliphatic heterocycles. The SMILES string of the molecule is CCOC(=O)C1CCC(Nc2ccc(C(C)=O)nc2)C1. The van der Waals surface area contributed by atoms with E-state index in [1.54, 1.807) is 12.3 Å². The Balaban J connectivity index is 1.88. The lowest BCUT2D eigenvalue weighted by atomic mass is 10.1. The maximum Gasteiger partial charge on any atom is 0.308 e. The van der Waals surface area contributed by atoms with Crippen molar-refractivity contribution in [3.8, 4) is 0 Å². The molecule has 0 spiro atoms. The van der Waals surface area contributed by atoms with Crippen molar-refractivity contribution in [2.24, 2.45) is 5.92 Å². The number of hydrogen-bond donors (Lipinski definition) is 1. The van der Waals surface area contributed by atoms with Crippen LogP contribution in [0, 0.1) is 5.92 Å². The molecule has 0 saturated heterocycles. The van der Waals surface area contributed by atoms with Crippen LogP contribution in [0.25, 0.3) is 0 Å². The van der Waals surface area contributed by atoms with E-state index >= 15 is 0 Å². The van der Waals surface area contributed by atoms with E-state index in [9.17, 15) is 9.59 Å². The fraction of sp³-hybridized carbons (Fsp3) is 0.533. The number of carbonyl (C=O) groups is 2. The second-order valence-electron chi connectivity index (χ2n) is 5.09. The van der Waals surface area contributed by atoms with Crippen molar-refractivity contribution in [1.29, 1.82) is 0 Å². The van der Waals surface area contributed by atoms with Crippen LogP contribution in [0.4, 0.5) is 5.69 Å². The number of hydrogen-bond acceptors (Lipinski definition) is 5. The summed E-state index contributed by atoms with van der Waals surface area (Å²) in [6.45, 7) is 3.75. The van der Waals surface area contributed by atoms with Gasteiger partial charge in [-0.2, -0.15) is 0 Å². The third-order valence-electron chi connectivity index (χ3n) is 3.55. The first-order chi connectivity index (χ1) is 9.60. The van der Waals surface area contributed by atoms with E-state index in [0.717, 1.165) is 24.9 Å². The molecule has 1 aromatic heterocycles. The predicted molar refractivity (Wildman–Crippen MR) is 75.6 cm³/mol. The predicted octanol–water partition coefficient (Wildman–Crippen LogP) is 2.43. The molecule has 108 valence electrons. The molecule has 1 aliphatic carbocycles. The van der Waals surface area contributed by atoms with Crippen LogP contribution in [0.5, 0.6) is 0 Å². The summed E-state index contributed by atoms with van der Waals surface area (Å²) in [7, 11) is 0. The van der Waals surface area contributed by atoms with Crippen molar-refractivity contribution in [2.45, 2.75) is 39.2 Å². The van der Waals surface area contributed by atoms with E-state index in [1.165, 1.54) is 6.92 Å². The Labute approximate surface area is 118 Å². The Kier molecular flexibility index (Phi) is 4.71. The Morgan fingerprint density at radius 1 is 1.40 bits per heavy atom. The molecular formula is C15H20N2O3. The Morgan fingerprint density at radius 3 is 2.80 bits per heavy atom. The summed E-state index contributed by atoms with van der Waals surface area (Å²) in [5, 5.41) is 3.35. The summed E-state index contributed by atoms with van der Waals surface area (Å²) < 4.78 is 5.05. The number of ether oxygens (including phenoxy) is 1. The van der Waals surface area contributed by atoms with E-state index in [1.807, 2.05) is 13.0 Å². The number of carbonyl (C=O) groups excluding carboxylic acids is 2. The van der Waals surface area contributed by atoms with E-state index < -0.39 is 0 Å². The van der Waals surface area contributed by atoms with Crippen molar-refractivity contribution in [1.82, 2.24) is 4.98 Å². The highest BCUT2D eigenvalue weighted by Crippen LogP contribution is 2.29. The highest BCUT2D eigenvalue weighted by Gasteiger charge is 2.30. The molecule has 0 radical (unpaired) electrons. The molecule has 1 aliphatic rings. The molecule has 2 atom stereocenters. The fourth-order valence-electron chi connectivity index (χ4n) is 2.51. The van der Waals surface area contributed by atoms with Gasteiger partial charge in [0.15, 0.2) is 5.78 Å². The van der Waals surface area contributed by atoms with Gasteiger partial charge in [-0.05, 0) is 38.3 Å². The van der Waals surface area contributed by atoms with E-state index in [2.05, 4.69) is 10.3 Å². The minimum Gasteiger partial charge on any atom is -0.466 e. The van der Waals surface area contributed by atoms with Crippen molar-refractivity contribution in [2.75, 3.05) is 11.9 Å². The molecule has 2 unspecified atom stereocenters. The third kappa shape index (κ3) is 3.56. The van der Waals surface area contributed by atoms with Crippen LogP contribution in [0.15, 0.2) is 18.3 Å². The third-order valence-corrected chi connectivity index (χ3v) is 3.55. The molecular weight excluding hydrogens is 256 g/mol. The number of pyridine rings is 1. The second-order valence-corrected chi connectivity index (χ2v) is 5.09. The average Bonchev–Trinajstić information content (AvgIpc) is 2.88. The molecule has 1 aromatic rings. The van der Waals surface area contributed by atoms with E-state index in [4.69, 9.17) is 4.74 Å². The van der Waals surface area contributed by atoms with Crippen molar-refractivity contribution < 1.29 is 14.3 Å². The number of Topliss-reactive ketones (excluding diaryl/α,β-unsaturated/α-hetero) is 1. The molecule has 0 amide bonds. The summed E-state index contributed by atoms with van der Waals surface area (Å²) in [6.07, 6.45) is 4.25. The van der Waals surface area contributed by atoms with Crippen LogP contribution in [-0.4, -0.2) is 29.4 Å². The zero-order valence-electron chi connectivity index (χ0n) is 11.9. The maximum atomic E-state index is 11.7. The van der Waals surface area contributed by atoms with Crippen molar-refractivity contribution in [3.05, 3.63) is 24.0 Å². The summed E-state index contributed by atoms with van der Waals surface area (Å²) in [5.74, 6) is -0.140. The smallest absolute Gasteiger partial charge is 0.308 e. The first-order valence-electron chi connectivity index (χ1n) is 7.00. The molecule has 1 N–H and O–H groups in total. The van der Waals surface area contributed by atoms with Gasteiger partial charge in [0.2, 0.25) is 0 Å². The van der Waals surface area contributed by atoms with Crippen molar-refractivity contribution >= 4 is 17.4 Å². The Hall–Kier alpha value is -1.91. The van der Waals surface area contributed by atoms with Crippen LogP contribution in [0.3, 0.4) is 0 Å². The molecule has 0 aromatic carbocycles. The number of rotatable bonds is 5. The van der Waals surface area contributed by atoms with Crippen LogP contribution in [-0.2, 0) is 9.53 Å². The first-order valence-corrected chi connectivity index (χ1v) is 7.00. The normalized spacial score (nSPS) is 21.5.